The van der Waals surface area contributed by atoms with Crippen molar-refractivity contribution in [1.29, 1.82) is 0 Å². The number of hydrogen-bond donors (Lipinski definition) is 1. The number of aromatic nitrogens is 3. The fourth-order valence-corrected chi connectivity index (χ4v) is 3.24. The molecule has 25 heavy (non-hydrogen) atoms. The molecule has 2 aromatic heterocycles. The van der Waals surface area contributed by atoms with E-state index in [0.29, 0.717) is 6.54 Å². The molecule has 0 radical (unpaired) electrons. The lowest BCUT2D eigenvalue weighted by molar-refractivity contribution is -0.122. The van der Waals surface area contributed by atoms with Crippen LogP contribution in [0.2, 0.25) is 0 Å². The molecule has 6 nitrogen and oxygen atoms in total. The standard InChI is InChI=1S/C19H27N5O/c1-15-11-16(2)24(22-15)14-19(25)21-13-17-7-8-18(20-12-17)23-9-5-3-4-6-10-23/h7-8,11-12H,3-6,9-10,13-14H2,1-2H3,(H,21,25). The number of pyridine rings is 1. The third-order valence-electron chi connectivity index (χ3n) is 4.63. The van der Waals surface area contributed by atoms with Crippen LogP contribution in [-0.2, 0) is 17.9 Å². The molecular formula is C19H27N5O. The molecule has 1 saturated heterocycles. The van der Waals surface area contributed by atoms with Gasteiger partial charge in [0.25, 0.3) is 0 Å². The van der Waals surface area contributed by atoms with Gasteiger partial charge in [-0.15, -0.1) is 0 Å². The van der Waals surface area contributed by atoms with Crippen LogP contribution in [0.15, 0.2) is 24.4 Å². The topological polar surface area (TPSA) is 63.1 Å². The molecule has 3 heterocycles. The number of hydrogen-bond acceptors (Lipinski definition) is 4. The smallest absolute Gasteiger partial charge is 0.242 e. The van der Waals surface area contributed by atoms with Gasteiger partial charge in [0, 0.05) is 31.5 Å². The third kappa shape index (κ3) is 4.81. The van der Waals surface area contributed by atoms with Gasteiger partial charge in [-0.3, -0.25) is 9.48 Å². The number of anilines is 1. The maximum absolute atomic E-state index is 12.1. The van der Waals surface area contributed by atoms with E-state index in [1.807, 2.05) is 26.1 Å². The zero-order valence-corrected chi connectivity index (χ0v) is 15.2. The largest absolute Gasteiger partial charge is 0.357 e. The molecule has 3 rings (SSSR count). The van der Waals surface area contributed by atoms with E-state index in [1.165, 1.54) is 25.7 Å². The summed E-state index contributed by atoms with van der Waals surface area (Å²) in [4.78, 5) is 19.0. The predicted octanol–water partition coefficient (Wildman–Crippen LogP) is 2.59. The summed E-state index contributed by atoms with van der Waals surface area (Å²) in [6.07, 6.45) is 6.98. The average Bonchev–Trinajstić information content (AvgIpc) is 2.81. The van der Waals surface area contributed by atoms with Gasteiger partial charge in [0.05, 0.1) is 5.69 Å². The van der Waals surface area contributed by atoms with Crippen LogP contribution in [0.3, 0.4) is 0 Å². The number of rotatable bonds is 5. The molecule has 2 aromatic rings. The van der Waals surface area contributed by atoms with Gasteiger partial charge in [0.1, 0.15) is 12.4 Å². The molecule has 0 atom stereocenters. The van der Waals surface area contributed by atoms with Gasteiger partial charge in [0.15, 0.2) is 0 Å². The molecule has 0 spiro atoms. The Morgan fingerprint density at radius 2 is 1.92 bits per heavy atom. The molecule has 6 heteroatoms. The molecule has 0 bridgehead atoms. The molecule has 1 aliphatic heterocycles. The summed E-state index contributed by atoms with van der Waals surface area (Å²) in [6, 6.07) is 6.09. The van der Waals surface area contributed by atoms with Crippen LogP contribution in [-0.4, -0.2) is 33.8 Å². The summed E-state index contributed by atoms with van der Waals surface area (Å²) in [6.45, 7) is 6.81. The Labute approximate surface area is 149 Å². The van der Waals surface area contributed by atoms with Crippen molar-refractivity contribution in [3.63, 3.8) is 0 Å². The van der Waals surface area contributed by atoms with Gasteiger partial charge in [-0.1, -0.05) is 18.9 Å². The SMILES string of the molecule is Cc1cc(C)n(CC(=O)NCc2ccc(N3CCCCCC3)nc2)n1. The molecule has 0 aromatic carbocycles. The highest BCUT2D eigenvalue weighted by molar-refractivity contribution is 5.75. The van der Waals surface area contributed by atoms with Crippen molar-refractivity contribution in [2.75, 3.05) is 18.0 Å². The molecule has 1 N–H and O–H groups in total. The van der Waals surface area contributed by atoms with Crippen molar-refractivity contribution in [3.8, 4) is 0 Å². The van der Waals surface area contributed by atoms with Crippen molar-refractivity contribution >= 4 is 11.7 Å². The summed E-state index contributed by atoms with van der Waals surface area (Å²) < 4.78 is 1.73. The van der Waals surface area contributed by atoms with Crippen LogP contribution >= 0.6 is 0 Å². The number of nitrogens with one attached hydrogen (secondary N) is 1. The zero-order valence-electron chi connectivity index (χ0n) is 15.2. The first kappa shape index (κ1) is 17.5. The second-order valence-corrected chi connectivity index (χ2v) is 6.79. The van der Waals surface area contributed by atoms with Crippen molar-refractivity contribution in [3.05, 3.63) is 41.3 Å². The first-order valence-electron chi connectivity index (χ1n) is 9.09. The highest BCUT2D eigenvalue weighted by Crippen LogP contribution is 2.17. The lowest BCUT2D eigenvalue weighted by Gasteiger charge is -2.21. The van der Waals surface area contributed by atoms with Crippen LogP contribution in [0.5, 0.6) is 0 Å². The Morgan fingerprint density at radius 1 is 1.16 bits per heavy atom. The Bertz CT molecular complexity index is 699. The number of carbonyl (C=O) groups is 1. The molecule has 0 unspecified atom stereocenters. The monoisotopic (exact) mass is 341 g/mol. The van der Waals surface area contributed by atoms with Gasteiger partial charge < -0.3 is 10.2 Å². The van der Waals surface area contributed by atoms with E-state index < -0.39 is 0 Å². The lowest BCUT2D eigenvalue weighted by Crippen LogP contribution is -2.28. The van der Waals surface area contributed by atoms with Gasteiger partial charge >= 0.3 is 0 Å². The van der Waals surface area contributed by atoms with E-state index in [2.05, 4.69) is 32.4 Å². The van der Waals surface area contributed by atoms with Gasteiger partial charge in [-0.2, -0.15) is 5.10 Å². The Morgan fingerprint density at radius 3 is 2.52 bits per heavy atom. The summed E-state index contributed by atoms with van der Waals surface area (Å²) in [5.74, 6) is 1.00. The van der Waals surface area contributed by atoms with E-state index in [1.54, 1.807) is 4.68 Å². The third-order valence-corrected chi connectivity index (χ3v) is 4.63. The number of nitrogens with zero attached hydrogens (tertiary/aromatic N) is 4. The van der Waals surface area contributed by atoms with Gasteiger partial charge in [0.2, 0.25) is 5.91 Å². The van der Waals surface area contributed by atoms with Crippen LogP contribution in [0.25, 0.3) is 0 Å². The fraction of sp³-hybridized carbons (Fsp3) is 0.526. The van der Waals surface area contributed by atoms with Crippen LogP contribution in [0.1, 0.15) is 42.6 Å². The van der Waals surface area contributed by atoms with Gasteiger partial charge in [-0.25, -0.2) is 4.98 Å². The Balaban J connectivity index is 1.51. The van der Waals surface area contributed by atoms with Crippen molar-refractivity contribution in [2.45, 2.75) is 52.6 Å². The normalized spacial score (nSPS) is 15.0. The quantitative estimate of drug-likeness (QED) is 0.908. The highest BCUT2D eigenvalue weighted by Gasteiger charge is 2.11. The zero-order chi connectivity index (χ0) is 17.6. The van der Waals surface area contributed by atoms with E-state index in [-0.39, 0.29) is 12.5 Å². The van der Waals surface area contributed by atoms with E-state index in [9.17, 15) is 4.79 Å². The van der Waals surface area contributed by atoms with E-state index in [0.717, 1.165) is 35.9 Å². The van der Waals surface area contributed by atoms with Crippen LogP contribution in [0.4, 0.5) is 5.82 Å². The van der Waals surface area contributed by atoms with E-state index in [4.69, 9.17) is 0 Å². The molecule has 0 saturated carbocycles. The first-order valence-corrected chi connectivity index (χ1v) is 9.09. The van der Waals surface area contributed by atoms with Crippen LogP contribution in [0, 0.1) is 13.8 Å². The molecular weight excluding hydrogens is 314 g/mol. The van der Waals surface area contributed by atoms with E-state index >= 15 is 0 Å². The maximum Gasteiger partial charge on any atom is 0.242 e. The van der Waals surface area contributed by atoms with Crippen molar-refractivity contribution in [1.82, 2.24) is 20.1 Å². The predicted molar refractivity (Wildman–Crippen MR) is 98.5 cm³/mol. The second-order valence-electron chi connectivity index (χ2n) is 6.79. The van der Waals surface area contributed by atoms with Crippen LogP contribution < -0.4 is 10.2 Å². The van der Waals surface area contributed by atoms with Gasteiger partial charge in [-0.05, 0) is 44.4 Å². The maximum atomic E-state index is 12.1. The average molecular weight is 341 g/mol. The minimum absolute atomic E-state index is 0.0391. The minimum atomic E-state index is -0.0391. The minimum Gasteiger partial charge on any atom is -0.357 e. The first-order chi connectivity index (χ1) is 12.1. The molecule has 0 aliphatic carbocycles. The summed E-state index contributed by atoms with van der Waals surface area (Å²) >= 11 is 0. The summed E-state index contributed by atoms with van der Waals surface area (Å²) in [7, 11) is 0. The Kier molecular flexibility index (Phi) is 5.68. The fourth-order valence-electron chi connectivity index (χ4n) is 3.24. The van der Waals surface area contributed by atoms with Crippen molar-refractivity contribution < 1.29 is 4.79 Å². The highest BCUT2D eigenvalue weighted by atomic mass is 16.2. The summed E-state index contributed by atoms with van der Waals surface area (Å²) in [5, 5.41) is 7.25. The summed E-state index contributed by atoms with van der Waals surface area (Å²) in [5.41, 5.74) is 2.94. The number of amides is 1. The lowest BCUT2D eigenvalue weighted by atomic mass is 10.2. The number of carbonyl (C=O) groups excluding carboxylic acids is 1. The second kappa shape index (κ2) is 8.14. The molecule has 1 fully saturated rings. The number of aryl methyl sites for hydroxylation is 2. The molecule has 1 aliphatic rings. The Hall–Kier alpha value is -2.37. The molecule has 134 valence electrons. The van der Waals surface area contributed by atoms with Crippen molar-refractivity contribution in [2.24, 2.45) is 0 Å². The molecule has 1 amide bonds.